The van der Waals surface area contributed by atoms with Gasteiger partial charge < -0.3 is 39.0 Å². The third kappa shape index (κ3) is 17.5. The van der Waals surface area contributed by atoms with Crippen molar-refractivity contribution in [1.82, 2.24) is 0 Å². The third-order valence-corrected chi connectivity index (χ3v) is 9.60. The molecule has 0 saturated carbocycles. The van der Waals surface area contributed by atoms with E-state index in [2.05, 4.69) is 49.3 Å². The number of hydrogen-bond donors (Lipinski definition) is 3. The number of allylic oxidation sites excluding steroid dienone is 4. The molecule has 4 rings (SSSR count). The second-order valence-electron chi connectivity index (χ2n) is 14.0. The van der Waals surface area contributed by atoms with Crippen LogP contribution >= 0.6 is 11.6 Å². The molecule has 0 amide bonds. The Morgan fingerprint density at radius 2 is 1.11 bits per heavy atom. The van der Waals surface area contributed by atoms with Gasteiger partial charge in [0.05, 0.1) is 13.2 Å². The zero-order chi connectivity index (χ0) is 40.6. The summed E-state index contributed by atoms with van der Waals surface area (Å²) in [5.41, 5.74) is 6.24. The highest BCUT2D eigenvalue weighted by atomic mass is 35.5. The van der Waals surface area contributed by atoms with Crippen molar-refractivity contribution < 1.29 is 48.6 Å². The van der Waals surface area contributed by atoms with Gasteiger partial charge in [0.15, 0.2) is 6.07 Å². The Hall–Kier alpha value is -4.05. The summed E-state index contributed by atoms with van der Waals surface area (Å²) in [7, 11) is 0. The number of unbranched alkanes of at least 4 members (excludes halogenated alkanes) is 4. The monoisotopic (exact) mass is 788 g/mol. The molecule has 3 N–H and O–H groups in total. The van der Waals surface area contributed by atoms with Gasteiger partial charge in [0.2, 0.25) is 6.79 Å². The lowest BCUT2D eigenvalue weighted by molar-refractivity contribution is 0.00638. The van der Waals surface area contributed by atoms with Gasteiger partial charge >= 0.3 is 12.3 Å². The van der Waals surface area contributed by atoms with Crippen molar-refractivity contribution >= 4 is 23.9 Å². The molecule has 2 unspecified atom stereocenters. The number of carbonyl (C=O) groups is 2. The first-order valence-corrected chi connectivity index (χ1v) is 20.5. The molecular weight excluding hydrogens is 724 g/mol. The molecule has 0 aromatic heterocycles. The van der Waals surface area contributed by atoms with Crippen LogP contribution in [0.3, 0.4) is 0 Å². The minimum Gasteiger partial charge on any atom is -0.507 e. The predicted octanol–water partition coefficient (Wildman–Crippen LogP) is 12.2. The van der Waals surface area contributed by atoms with Crippen molar-refractivity contribution in [1.29, 1.82) is 0 Å². The summed E-state index contributed by atoms with van der Waals surface area (Å²) < 4.78 is 24.0. The molecule has 2 atom stereocenters. The third-order valence-electron chi connectivity index (χ3n) is 9.49. The van der Waals surface area contributed by atoms with Crippen molar-refractivity contribution in [2.24, 2.45) is 0 Å². The first kappa shape index (κ1) is 47.1. The van der Waals surface area contributed by atoms with Crippen LogP contribution in [0, 0.1) is 0 Å². The van der Waals surface area contributed by atoms with E-state index in [0.29, 0.717) is 17.9 Å². The average molecular weight is 789 g/mol. The number of halogens is 1. The van der Waals surface area contributed by atoms with E-state index in [1.54, 1.807) is 13.8 Å². The Bertz CT molecular complexity index is 1490. The van der Waals surface area contributed by atoms with Crippen LogP contribution in [-0.2, 0) is 31.8 Å². The highest BCUT2D eigenvalue weighted by molar-refractivity contribution is 6.17. The van der Waals surface area contributed by atoms with Crippen LogP contribution in [0.1, 0.15) is 153 Å². The van der Waals surface area contributed by atoms with Gasteiger partial charge in [-0.15, -0.1) is 0 Å². The minimum atomic E-state index is -0.754. The van der Waals surface area contributed by atoms with Crippen LogP contribution in [-0.4, -0.2) is 53.7 Å². The van der Waals surface area contributed by atoms with Crippen LogP contribution < -0.4 is 4.74 Å². The van der Waals surface area contributed by atoms with Crippen LogP contribution in [0.2, 0.25) is 0 Å². The predicted molar refractivity (Wildman–Crippen MR) is 217 cm³/mol. The van der Waals surface area contributed by atoms with Crippen molar-refractivity contribution in [2.75, 3.05) is 26.1 Å². The molecule has 2 aliphatic carbocycles. The molecule has 2 aliphatic rings. The maximum atomic E-state index is 11.4. The van der Waals surface area contributed by atoms with Gasteiger partial charge in [-0.1, -0.05) is 74.4 Å². The number of rotatable bonds is 16. The van der Waals surface area contributed by atoms with Crippen LogP contribution in [0.15, 0.2) is 47.6 Å². The van der Waals surface area contributed by atoms with E-state index in [1.165, 1.54) is 24.0 Å². The lowest BCUT2D eigenvalue weighted by atomic mass is 9.84. The van der Waals surface area contributed by atoms with Gasteiger partial charge in [-0.25, -0.2) is 9.59 Å². The Morgan fingerprint density at radius 1 is 0.655 bits per heavy atom. The second-order valence-corrected chi connectivity index (χ2v) is 14.3. The molecule has 2 aromatic rings. The summed E-state index contributed by atoms with van der Waals surface area (Å²) >= 11 is 5.01. The number of aryl methyl sites for hydroxylation is 2. The molecule has 0 heterocycles. The normalized spacial score (nSPS) is 16.2. The molecule has 0 saturated heterocycles. The first-order chi connectivity index (χ1) is 26.5. The highest BCUT2D eigenvalue weighted by Crippen LogP contribution is 2.43. The summed E-state index contributed by atoms with van der Waals surface area (Å²) in [6.07, 6.45) is 18.0. The molecule has 55 heavy (non-hydrogen) atoms. The van der Waals surface area contributed by atoms with E-state index < -0.39 is 12.3 Å². The molecule has 10 nitrogen and oxygen atoms in total. The number of carbonyl (C=O) groups excluding carboxylic acids is 2. The number of phenols is 3. The molecule has 0 spiro atoms. The molecule has 0 fully saturated rings. The quantitative estimate of drug-likeness (QED) is 0.0495. The van der Waals surface area contributed by atoms with E-state index in [9.17, 15) is 24.9 Å². The summed E-state index contributed by atoms with van der Waals surface area (Å²) in [4.78, 5) is 21.5. The second kappa shape index (κ2) is 26.7. The Kier molecular flexibility index (Phi) is 22.9. The molecule has 0 radical (unpaired) electrons. The molecular formula is C44H65ClO10. The molecule has 2 aromatic carbocycles. The van der Waals surface area contributed by atoms with Gasteiger partial charge in [0, 0.05) is 23.0 Å². The maximum absolute atomic E-state index is 11.4. The maximum Gasteiger partial charge on any atom is 0.511 e. The fourth-order valence-electron chi connectivity index (χ4n) is 6.85. The van der Waals surface area contributed by atoms with E-state index >= 15 is 0 Å². The summed E-state index contributed by atoms with van der Waals surface area (Å²) in [5.74, 6) is 1.63. The van der Waals surface area contributed by atoms with Crippen LogP contribution in [0.4, 0.5) is 9.59 Å². The Morgan fingerprint density at radius 3 is 1.56 bits per heavy atom. The molecule has 0 aliphatic heterocycles. The van der Waals surface area contributed by atoms with Crippen molar-refractivity contribution in [3.8, 4) is 23.0 Å². The highest BCUT2D eigenvalue weighted by Gasteiger charge is 2.23. The SMILES string of the molecule is CCCCCc1cc(O)c(C2C=C(C)CCC2)c(O)c1.CCCCCc1cc(O)c(C2C=C(C)CCC2)c(OCOC(=O)OCC)c1.CCOC(=O)OCCl. The van der Waals surface area contributed by atoms with Gasteiger partial charge in [-0.05, 0) is 127 Å². The number of alkyl halides is 1. The minimum absolute atomic E-state index is 0.112. The molecule has 308 valence electrons. The largest absolute Gasteiger partial charge is 0.511 e. The van der Waals surface area contributed by atoms with Gasteiger partial charge in [0.25, 0.3) is 0 Å². The van der Waals surface area contributed by atoms with E-state index in [-0.39, 0.29) is 48.6 Å². The Balaban J connectivity index is 0.000000326. The average Bonchev–Trinajstić information content (AvgIpc) is 3.12. The van der Waals surface area contributed by atoms with Crippen LogP contribution in [0.25, 0.3) is 0 Å². The van der Waals surface area contributed by atoms with Gasteiger partial charge in [0.1, 0.15) is 23.0 Å². The fraction of sp³-hybridized carbons (Fsp3) is 0.591. The number of aromatic hydroxyl groups is 3. The zero-order valence-electron chi connectivity index (χ0n) is 33.9. The lowest BCUT2D eigenvalue weighted by Crippen LogP contribution is -2.13. The number of benzene rings is 2. The first-order valence-electron chi connectivity index (χ1n) is 20.0. The topological polar surface area (TPSA) is 141 Å². The van der Waals surface area contributed by atoms with E-state index in [0.717, 1.165) is 93.7 Å². The number of ether oxygens (including phenoxy) is 5. The lowest BCUT2D eigenvalue weighted by Gasteiger charge is -2.24. The van der Waals surface area contributed by atoms with Crippen LogP contribution in [0.5, 0.6) is 23.0 Å². The number of hydrogen-bond acceptors (Lipinski definition) is 10. The van der Waals surface area contributed by atoms with E-state index in [4.69, 9.17) is 25.8 Å². The van der Waals surface area contributed by atoms with Gasteiger partial charge in [-0.3, -0.25) is 0 Å². The van der Waals surface area contributed by atoms with Crippen molar-refractivity contribution in [3.63, 3.8) is 0 Å². The van der Waals surface area contributed by atoms with Gasteiger partial charge in [-0.2, -0.15) is 0 Å². The Labute approximate surface area is 333 Å². The summed E-state index contributed by atoms with van der Waals surface area (Å²) in [6, 6.07) is 7.34. The molecule has 0 bridgehead atoms. The fourth-order valence-corrected chi connectivity index (χ4v) is 6.94. The zero-order valence-corrected chi connectivity index (χ0v) is 34.7. The van der Waals surface area contributed by atoms with Crippen molar-refractivity contribution in [3.05, 3.63) is 69.8 Å². The van der Waals surface area contributed by atoms with Crippen molar-refractivity contribution in [2.45, 2.75) is 143 Å². The number of phenolic OH excluding ortho intramolecular Hbond substituents is 3. The summed E-state index contributed by atoms with van der Waals surface area (Å²) in [6.45, 7) is 12.3. The smallest absolute Gasteiger partial charge is 0.507 e. The molecule has 11 heteroatoms. The van der Waals surface area contributed by atoms with E-state index in [1.807, 2.05) is 24.3 Å². The standard InChI is InChI=1S/C22H32O5.C18H26O2.C4H7ClO3/c1-4-6-7-10-17-13-19(23)21(18-11-8-9-16(3)12-18)20(14-17)26-15-27-22(24)25-5-2;1-3-4-5-8-14-11-16(19)18(17(20)12-14)15-9-6-7-13(2)10-15;1-2-7-4(6)8-3-5/h12-14,18,23H,4-11,15H2,1-3H3;10-12,15,19-20H,3-9H2,1-2H3;2-3H2,1H3. The summed E-state index contributed by atoms with van der Waals surface area (Å²) in [5, 5.41) is 31.3.